The summed E-state index contributed by atoms with van der Waals surface area (Å²) in [6, 6.07) is 4.65. The lowest BCUT2D eigenvalue weighted by Crippen LogP contribution is -2.25. The number of ether oxygens (including phenoxy) is 2. The maximum atomic E-state index is 14.1. The summed E-state index contributed by atoms with van der Waals surface area (Å²) < 4.78 is 37.0. The molecular weight excluding hydrogens is 294 g/mol. The fraction of sp³-hybridized carbons (Fsp3) is 0.200. The highest BCUT2D eigenvalue weighted by atomic mass is 19.1. The minimum atomic E-state index is -1.12. The van der Waals surface area contributed by atoms with Crippen molar-refractivity contribution in [1.82, 2.24) is 0 Å². The van der Waals surface area contributed by atoms with E-state index < -0.39 is 23.5 Å². The first-order chi connectivity index (χ1) is 10.4. The number of nitriles is 1. The molecule has 22 heavy (non-hydrogen) atoms. The van der Waals surface area contributed by atoms with Crippen LogP contribution in [0.15, 0.2) is 41.0 Å². The van der Waals surface area contributed by atoms with E-state index in [2.05, 4.69) is 4.74 Å². The summed E-state index contributed by atoms with van der Waals surface area (Å²) in [6.45, 7) is 1.45. The van der Waals surface area contributed by atoms with Crippen molar-refractivity contribution in [2.45, 2.75) is 12.8 Å². The zero-order valence-electron chi connectivity index (χ0n) is 11.8. The number of hydrogen-bond donors (Lipinski definition) is 1. The van der Waals surface area contributed by atoms with Crippen molar-refractivity contribution in [3.63, 3.8) is 0 Å². The predicted molar refractivity (Wildman–Crippen MR) is 71.7 cm³/mol. The first kappa shape index (κ1) is 15.5. The Morgan fingerprint density at radius 2 is 2.14 bits per heavy atom. The fourth-order valence-electron chi connectivity index (χ4n) is 2.30. The second-order valence-corrected chi connectivity index (χ2v) is 4.55. The van der Waals surface area contributed by atoms with Gasteiger partial charge in [0.15, 0.2) is 0 Å². The van der Waals surface area contributed by atoms with Gasteiger partial charge in [0, 0.05) is 11.6 Å². The first-order valence-electron chi connectivity index (χ1n) is 6.22. The molecule has 0 aliphatic carbocycles. The van der Waals surface area contributed by atoms with E-state index in [4.69, 9.17) is 10.5 Å². The highest BCUT2D eigenvalue weighted by Gasteiger charge is 2.37. The first-order valence-corrected chi connectivity index (χ1v) is 6.22. The number of esters is 1. The number of nitrogens with two attached hydrogens (primary N) is 1. The largest absolute Gasteiger partial charge is 0.466 e. The van der Waals surface area contributed by atoms with Crippen molar-refractivity contribution in [2.75, 3.05) is 7.11 Å². The van der Waals surface area contributed by atoms with Crippen LogP contribution in [0.1, 0.15) is 18.4 Å². The van der Waals surface area contributed by atoms with Crippen LogP contribution in [-0.4, -0.2) is 13.1 Å². The average Bonchev–Trinajstić information content (AvgIpc) is 2.46. The van der Waals surface area contributed by atoms with Crippen LogP contribution in [0.4, 0.5) is 8.78 Å². The van der Waals surface area contributed by atoms with Crippen LogP contribution < -0.4 is 5.73 Å². The molecule has 1 aliphatic rings. The van der Waals surface area contributed by atoms with Crippen LogP contribution in [0.2, 0.25) is 0 Å². The third-order valence-electron chi connectivity index (χ3n) is 3.28. The van der Waals surface area contributed by atoms with E-state index in [1.54, 1.807) is 6.07 Å². The maximum absolute atomic E-state index is 14.1. The van der Waals surface area contributed by atoms with Gasteiger partial charge in [-0.2, -0.15) is 5.26 Å². The summed E-state index contributed by atoms with van der Waals surface area (Å²) >= 11 is 0. The molecule has 0 unspecified atom stereocenters. The monoisotopic (exact) mass is 306 g/mol. The van der Waals surface area contributed by atoms with E-state index in [9.17, 15) is 18.8 Å². The Morgan fingerprint density at radius 1 is 1.45 bits per heavy atom. The Morgan fingerprint density at radius 3 is 2.68 bits per heavy atom. The molecule has 1 aliphatic heterocycles. The molecule has 0 spiro atoms. The van der Waals surface area contributed by atoms with Gasteiger partial charge in [-0.25, -0.2) is 13.6 Å². The average molecular weight is 306 g/mol. The van der Waals surface area contributed by atoms with Crippen LogP contribution in [0.5, 0.6) is 0 Å². The number of carbonyl (C=O) groups is 1. The minimum absolute atomic E-state index is 0.0567. The Kier molecular flexibility index (Phi) is 4.13. The fourth-order valence-corrected chi connectivity index (χ4v) is 2.30. The van der Waals surface area contributed by atoms with Crippen LogP contribution in [-0.2, 0) is 14.3 Å². The lowest BCUT2D eigenvalue weighted by Gasteiger charge is -2.26. The van der Waals surface area contributed by atoms with Gasteiger partial charge in [0.2, 0.25) is 5.88 Å². The highest BCUT2D eigenvalue weighted by Crippen LogP contribution is 2.40. The van der Waals surface area contributed by atoms with Gasteiger partial charge < -0.3 is 15.2 Å². The number of allylic oxidation sites excluding steroid dienone is 2. The molecular formula is C15H12F2N2O3. The molecule has 2 N–H and O–H groups in total. The van der Waals surface area contributed by atoms with Gasteiger partial charge >= 0.3 is 5.97 Å². The quantitative estimate of drug-likeness (QED) is 0.847. The van der Waals surface area contributed by atoms with Gasteiger partial charge in [-0.15, -0.1) is 0 Å². The van der Waals surface area contributed by atoms with Crippen LogP contribution in [0.3, 0.4) is 0 Å². The van der Waals surface area contributed by atoms with E-state index in [0.29, 0.717) is 6.07 Å². The van der Waals surface area contributed by atoms with Gasteiger partial charge in [0.1, 0.15) is 29.0 Å². The van der Waals surface area contributed by atoms with E-state index in [-0.39, 0.29) is 28.4 Å². The third kappa shape index (κ3) is 2.51. The Balaban J connectivity index is 2.71. The highest BCUT2D eigenvalue weighted by molar-refractivity contribution is 5.92. The number of nitrogens with zero attached hydrogens (tertiary/aromatic N) is 1. The van der Waals surface area contributed by atoms with Gasteiger partial charge in [0.05, 0.1) is 18.6 Å². The number of methoxy groups -OCH3 is 1. The van der Waals surface area contributed by atoms with Crippen LogP contribution in [0, 0.1) is 23.0 Å². The lowest BCUT2D eigenvalue weighted by atomic mass is 9.83. The molecule has 0 fully saturated rings. The summed E-state index contributed by atoms with van der Waals surface area (Å²) in [6.07, 6.45) is 0. The van der Waals surface area contributed by atoms with Gasteiger partial charge in [-0.05, 0) is 13.0 Å². The normalized spacial score (nSPS) is 17.9. The summed E-state index contributed by atoms with van der Waals surface area (Å²) in [7, 11) is 1.15. The Hall–Kier alpha value is -2.88. The Bertz CT molecular complexity index is 748. The van der Waals surface area contributed by atoms with E-state index in [1.807, 2.05) is 0 Å². The molecule has 1 heterocycles. The lowest BCUT2D eigenvalue weighted by molar-refractivity contribution is -0.136. The van der Waals surface area contributed by atoms with E-state index >= 15 is 0 Å². The SMILES string of the molecule is COC(=O)C1=C(C)OC(N)=C(C#N)[C@@H]1c1ccc(F)cc1F. The van der Waals surface area contributed by atoms with Gasteiger partial charge in [0.25, 0.3) is 0 Å². The summed E-state index contributed by atoms with van der Waals surface area (Å²) in [5.74, 6) is -3.72. The topological polar surface area (TPSA) is 85.3 Å². The standard InChI is InChI=1S/C15H12F2N2O3/c1-7-12(15(20)21-2)13(10(6-18)14(19)22-7)9-4-3-8(16)5-11(9)17/h3-5,13H,19H2,1-2H3/t13-/m0/s1. The second kappa shape index (κ2) is 5.85. The molecule has 0 saturated heterocycles. The number of rotatable bonds is 2. The van der Waals surface area contributed by atoms with Crippen molar-refractivity contribution in [3.8, 4) is 6.07 Å². The molecule has 0 aromatic heterocycles. The molecule has 5 nitrogen and oxygen atoms in total. The summed E-state index contributed by atoms with van der Waals surface area (Å²) in [5.41, 5.74) is 5.38. The zero-order chi connectivity index (χ0) is 16.4. The summed E-state index contributed by atoms with van der Waals surface area (Å²) in [5, 5.41) is 9.26. The van der Waals surface area contributed by atoms with Crippen molar-refractivity contribution in [2.24, 2.45) is 5.73 Å². The predicted octanol–water partition coefficient (Wildman–Crippen LogP) is 2.22. The molecule has 1 aromatic carbocycles. The smallest absolute Gasteiger partial charge is 0.338 e. The van der Waals surface area contributed by atoms with Crippen molar-refractivity contribution < 1.29 is 23.0 Å². The third-order valence-corrected chi connectivity index (χ3v) is 3.28. The number of carbonyl (C=O) groups excluding carboxylic acids is 1. The second-order valence-electron chi connectivity index (χ2n) is 4.55. The minimum Gasteiger partial charge on any atom is -0.466 e. The molecule has 7 heteroatoms. The van der Waals surface area contributed by atoms with Crippen LogP contribution in [0.25, 0.3) is 0 Å². The van der Waals surface area contributed by atoms with Crippen LogP contribution >= 0.6 is 0 Å². The summed E-state index contributed by atoms with van der Waals surface area (Å²) in [4.78, 5) is 12.0. The van der Waals surface area contributed by atoms with Crippen molar-refractivity contribution in [1.29, 1.82) is 5.26 Å². The molecule has 0 radical (unpaired) electrons. The Labute approximate surface area is 125 Å². The molecule has 2 rings (SSSR count). The van der Waals surface area contributed by atoms with E-state index in [1.165, 1.54) is 6.92 Å². The van der Waals surface area contributed by atoms with Gasteiger partial charge in [-0.3, -0.25) is 0 Å². The number of halogens is 2. The molecule has 1 atom stereocenters. The molecule has 0 bridgehead atoms. The molecule has 0 amide bonds. The zero-order valence-corrected chi connectivity index (χ0v) is 11.8. The number of benzene rings is 1. The molecule has 114 valence electrons. The molecule has 0 saturated carbocycles. The van der Waals surface area contributed by atoms with Crippen molar-refractivity contribution in [3.05, 3.63) is 58.2 Å². The number of hydrogen-bond acceptors (Lipinski definition) is 5. The van der Waals surface area contributed by atoms with E-state index in [0.717, 1.165) is 19.2 Å². The molecule has 1 aromatic rings. The maximum Gasteiger partial charge on any atom is 0.338 e. The van der Waals surface area contributed by atoms with Gasteiger partial charge in [-0.1, -0.05) is 6.07 Å². The van der Waals surface area contributed by atoms with Crippen molar-refractivity contribution >= 4 is 5.97 Å².